The first-order valence-electron chi connectivity index (χ1n) is 5.18. The zero-order valence-corrected chi connectivity index (χ0v) is 8.51. The number of rotatable bonds is 4. The van der Waals surface area contributed by atoms with E-state index in [-0.39, 0.29) is 17.9 Å². The van der Waals surface area contributed by atoms with Crippen LogP contribution in [0, 0.1) is 5.92 Å². The van der Waals surface area contributed by atoms with Crippen molar-refractivity contribution < 1.29 is 13.5 Å². The molecule has 82 valence electrons. The quantitative estimate of drug-likeness (QED) is 0.693. The van der Waals surface area contributed by atoms with E-state index in [4.69, 9.17) is 4.74 Å². The van der Waals surface area contributed by atoms with E-state index in [1.54, 1.807) is 7.11 Å². The summed E-state index contributed by atoms with van der Waals surface area (Å²) >= 11 is 0. The van der Waals surface area contributed by atoms with Crippen LogP contribution in [-0.4, -0.2) is 43.7 Å². The molecule has 2 heterocycles. The lowest BCUT2D eigenvalue weighted by Crippen LogP contribution is -2.58. The Labute approximate surface area is 83.2 Å². The zero-order chi connectivity index (χ0) is 10.2. The smallest absolute Gasteiger partial charge is 0.239 e. The van der Waals surface area contributed by atoms with E-state index in [1.165, 1.54) is 0 Å². The van der Waals surface area contributed by atoms with Crippen molar-refractivity contribution in [3.8, 4) is 0 Å². The summed E-state index contributed by atoms with van der Waals surface area (Å²) in [6.45, 7) is 2.60. The maximum absolute atomic E-state index is 12.2. The Bertz CT molecular complexity index is 212. The monoisotopic (exact) mass is 205 g/mol. The Morgan fingerprint density at radius 3 is 2.86 bits per heavy atom. The van der Waals surface area contributed by atoms with Crippen molar-refractivity contribution in [2.75, 3.05) is 26.8 Å². The molecule has 0 spiro atoms. The average molecular weight is 205 g/mol. The maximum Gasteiger partial charge on any atom is 0.239 e. The van der Waals surface area contributed by atoms with Gasteiger partial charge in [0.15, 0.2) is 0 Å². The van der Waals surface area contributed by atoms with Gasteiger partial charge in [0.1, 0.15) is 0 Å². The second kappa shape index (κ2) is 3.74. The predicted molar refractivity (Wildman–Crippen MR) is 49.5 cm³/mol. The van der Waals surface area contributed by atoms with Crippen molar-refractivity contribution >= 4 is 0 Å². The van der Waals surface area contributed by atoms with Gasteiger partial charge in [-0.1, -0.05) is 0 Å². The molecule has 2 aliphatic rings. The first-order chi connectivity index (χ1) is 6.66. The number of nitrogens with zero attached hydrogens (tertiary/aromatic N) is 1. The highest BCUT2D eigenvalue weighted by atomic mass is 19.3. The van der Waals surface area contributed by atoms with Crippen molar-refractivity contribution in [3.63, 3.8) is 0 Å². The van der Waals surface area contributed by atoms with Crippen molar-refractivity contribution in [2.45, 2.75) is 31.2 Å². The highest BCUT2D eigenvalue weighted by Crippen LogP contribution is 2.44. The van der Waals surface area contributed by atoms with Gasteiger partial charge < -0.3 is 4.74 Å². The van der Waals surface area contributed by atoms with Gasteiger partial charge in [-0.2, -0.15) is 0 Å². The lowest BCUT2D eigenvalue weighted by molar-refractivity contribution is -0.0340. The SMILES string of the molecule is COC[C@@]12CCN1C[C@H](CC(F)F)C2. The largest absolute Gasteiger partial charge is 0.383 e. The lowest BCUT2D eigenvalue weighted by atomic mass is 9.83. The van der Waals surface area contributed by atoms with Crippen LogP contribution in [-0.2, 0) is 4.74 Å². The Morgan fingerprint density at radius 2 is 2.36 bits per heavy atom. The van der Waals surface area contributed by atoms with E-state index in [0.717, 1.165) is 25.9 Å². The van der Waals surface area contributed by atoms with Gasteiger partial charge in [-0.3, -0.25) is 4.90 Å². The van der Waals surface area contributed by atoms with Crippen LogP contribution in [0.5, 0.6) is 0 Å². The molecule has 0 unspecified atom stereocenters. The number of ether oxygens (including phenoxy) is 1. The second-order valence-electron chi connectivity index (χ2n) is 4.55. The molecule has 0 aliphatic carbocycles. The lowest BCUT2D eigenvalue weighted by Gasteiger charge is -2.47. The summed E-state index contributed by atoms with van der Waals surface area (Å²) in [6.07, 6.45) is -0.0911. The molecule has 0 saturated carbocycles. The molecule has 2 fully saturated rings. The molecule has 14 heavy (non-hydrogen) atoms. The fraction of sp³-hybridized carbons (Fsp3) is 1.00. The summed E-state index contributed by atoms with van der Waals surface area (Å²) in [7, 11) is 1.69. The standard InChI is InChI=1S/C10H17F2NO/c1-14-7-10-2-3-13(10)6-8(5-10)4-9(11)12/h8-9H,2-7H2,1H3/t8-,10+/m1/s1. The molecule has 0 aromatic rings. The van der Waals surface area contributed by atoms with E-state index in [1.807, 2.05) is 0 Å². The zero-order valence-electron chi connectivity index (χ0n) is 8.51. The van der Waals surface area contributed by atoms with Gasteiger partial charge in [0.05, 0.1) is 6.61 Å². The highest BCUT2D eigenvalue weighted by molar-refractivity contribution is 5.06. The predicted octanol–water partition coefficient (Wildman–Crippen LogP) is 1.75. The number of fused-ring (bicyclic) bond motifs is 1. The van der Waals surface area contributed by atoms with Crippen LogP contribution in [0.25, 0.3) is 0 Å². The molecule has 0 N–H and O–H groups in total. The summed E-state index contributed by atoms with van der Waals surface area (Å²) in [5, 5.41) is 0. The molecular weight excluding hydrogens is 188 g/mol. The molecule has 2 nitrogen and oxygen atoms in total. The van der Waals surface area contributed by atoms with Crippen LogP contribution >= 0.6 is 0 Å². The normalized spacial score (nSPS) is 37.3. The number of halogens is 2. The van der Waals surface area contributed by atoms with Gasteiger partial charge in [0, 0.05) is 32.2 Å². The van der Waals surface area contributed by atoms with Gasteiger partial charge in [-0.25, -0.2) is 8.78 Å². The van der Waals surface area contributed by atoms with E-state index in [9.17, 15) is 8.78 Å². The molecular formula is C10H17F2NO. The molecule has 2 saturated heterocycles. The number of hydrogen-bond acceptors (Lipinski definition) is 2. The topological polar surface area (TPSA) is 12.5 Å². The van der Waals surface area contributed by atoms with Crippen molar-refractivity contribution in [2.24, 2.45) is 5.92 Å². The summed E-state index contributed by atoms with van der Waals surface area (Å²) in [5.41, 5.74) is 0.119. The Morgan fingerprint density at radius 1 is 1.57 bits per heavy atom. The van der Waals surface area contributed by atoms with Crippen molar-refractivity contribution in [3.05, 3.63) is 0 Å². The summed E-state index contributed by atoms with van der Waals surface area (Å²) in [4.78, 5) is 2.31. The van der Waals surface area contributed by atoms with Crippen LogP contribution in [0.3, 0.4) is 0 Å². The minimum Gasteiger partial charge on any atom is -0.383 e. The van der Waals surface area contributed by atoms with Gasteiger partial charge in [0.2, 0.25) is 6.43 Å². The van der Waals surface area contributed by atoms with Crippen LogP contribution in [0.4, 0.5) is 8.78 Å². The fourth-order valence-electron chi connectivity index (χ4n) is 2.92. The Balaban J connectivity index is 1.91. The highest BCUT2D eigenvalue weighted by Gasteiger charge is 2.51. The third-order valence-electron chi connectivity index (χ3n) is 3.59. The Kier molecular flexibility index (Phi) is 2.75. The van der Waals surface area contributed by atoms with Gasteiger partial charge in [-0.15, -0.1) is 0 Å². The summed E-state index contributed by atoms with van der Waals surface area (Å²) in [5.74, 6) is 0.174. The van der Waals surface area contributed by atoms with E-state index in [0.29, 0.717) is 6.61 Å². The van der Waals surface area contributed by atoms with E-state index in [2.05, 4.69) is 4.90 Å². The maximum atomic E-state index is 12.2. The molecule has 2 aliphatic heterocycles. The minimum absolute atomic E-state index is 0.0575. The first-order valence-corrected chi connectivity index (χ1v) is 5.18. The van der Waals surface area contributed by atoms with Crippen LogP contribution in [0.15, 0.2) is 0 Å². The number of methoxy groups -OCH3 is 1. The molecule has 0 amide bonds. The third kappa shape index (κ3) is 1.65. The van der Waals surface area contributed by atoms with E-state index < -0.39 is 6.43 Å². The molecule has 0 bridgehead atoms. The Hall–Kier alpha value is -0.220. The average Bonchev–Trinajstić information content (AvgIpc) is 2.29. The van der Waals surface area contributed by atoms with Gasteiger partial charge >= 0.3 is 0 Å². The summed E-state index contributed by atoms with van der Waals surface area (Å²) in [6, 6.07) is 0. The molecule has 2 rings (SSSR count). The third-order valence-corrected chi connectivity index (χ3v) is 3.59. The van der Waals surface area contributed by atoms with E-state index >= 15 is 0 Å². The first kappa shape index (κ1) is 10.3. The van der Waals surface area contributed by atoms with Gasteiger partial charge in [-0.05, 0) is 18.8 Å². The van der Waals surface area contributed by atoms with Gasteiger partial charge in [0.25, 0.3) is 0 Å². The summed E-state index contributed by atoms with van der Waals surface area (Å²) < 4.78 is 29.6. The number of hydrogen-bond donors (Lipinski definition) is 0. The molecule has 4 heteroatoms. The molecule has 2 atom stereocenters. The molecule has 0 radical (unpaired) electrons. The second-order valence-corrected chi connectivity index (χ2v) is 4.55. The van der Waals surface area contributed by atoms with Crippen molar-refractivity contribution in [1.29, 1.82) is 0 Å². The molecule has 0 aromatic carbocycles. The molecule has 0 aromatic heterocycles. The van der Waals surface area contributed by atoms with Crippen molar-refractivity contribution in [1.82, 2.24) is 4.90 Å². The number of alkyl halides is 2. The van der Waals surface area contributed by atoms with Crippen LogP contribution in [0.1, 0.15) is 19.3 Å². The van der Waals surface area contributed by atoms with Crippen LogP contribution < -0.4 is 0 Å². The minimum atomic E-state index is -2.15. The van der Waals surface area contributed by atoms with Crippen LogP contribution in [0.2, 0.25) is 0 Å². The fourth-order valence-corrected chi connectivity index (χ4v) is 2.92.